The van der Waals surface area contributed by atoms with Gasteiger partial charge >= 0.3 is 0 Å². The van der Waals surface area contributed by atoms with Gasteiger partial charge in [-0.15, -0.1) is 0 Å². The summed E-state index contributed by atoms with van der Waals surface area (Å²) in [7, 11) is 0. The molecule has 0 aliphatic carbocycles. The summed E-state index contributed by atoms with van der Waals surface area (Å²) < 4.78 is 0. The first-order chi connectivity index (χ1) is 5.11. The molecule has 2 heteroatoms. The monoisotopic (exact) mass is 151 g/mol. The van der Waals surface area contributed by atoms with Gasteiger partial charge in [0, 0.05) is 5.69 Å². The van der Waals surface area contributed by atoms with Crippen molar-refractivity contribution in [3.63, 3.8) is 0 Å². The largest absolute Gasteiger partial charge is 0.508 e. The number of benzene rings is 1. The summed E-state index contributed by atoms with van der Waals surface area (Å²) in [5.41, 5.74) is 7.16. The lowest BCUT2D eigenvalue weighted by Gasteiger charge is -2.07. The minimum Gasteiger partial charge on any atom is -0.508 e. The summed E-state index contributed by atoms with van der Waals surface area (Å²) >= 11 is 0. The molecule has 0 radical (unpaired) electrons. The second-order valence-electron chi connectivity index (χ2n) is 2.97. The zero-order valence-corrected chi connectivity index (χ0v) is 6.83. The van der Waals surface area contributed by atoms with Crippen molar-refractivity contribution in [3.8, 4) is 5.75 Å². The van der Waals surface area contributed by atoms with Crippen molar-refractivity contribution in [1.29, 1.82) is 0 Å². The van der Waals surface area contributed by atoms with E-state index >= 15 is 0 Å². The Morgan fingerprint density at radius 2 is 2.00 bits per heavy atom. The zero-order valence-electron chi connectivity index (χ0n) is 6.83. The Hall–Kier alpha value is -1.18. The third-order valence-electron chi connectivity index (χ3n) is 1.67. The maximum absolute atomic E-state index is 9.35. The van der Waals surface area contributed by atoms with Crippen LogP contribution in [0.1, 0.15) is 25.3 Å². The van der Waals surface area contributed by atoms with Crippen molar-refractivity contribution in [2.45, 2.75) is 19.8 Å². The van der Waals surface area contributed by atoms with Crippen molar-refractivity contribution in [3.05, 3.63) is 23.8 Å². The molecule has 3 N–H and O–H groups in total. The predicted octanol–water partition coefficient (Wildman–Crippen LogP) is 2.10. The minimum atomic E-state index is 0.318. The van der Waals surface area contributed by atoms with E-state index in [1.54, 1.807) is 18.2 Å². The van der Waals surface area contributed by atoms with Crippen molar-refractivity contribution in [1.82, 2.24) is 0 Å². The summed E-state index contributed by atoms with van der Waals surface area (Å²) in [6.45, 7) is 4.04. The Bertz CT molecular complexity index is 256. The maximum atomic E-state index is 9.35. The predicted molar refractivity (Wildman–Crippen MR) is 46.6 cm³/mol. The molecule has 0 heterocycles. The number of phenols is 1. The molecular formula is C9H13NO. The van der Waals surface area contributed by atoms with Crippen LogP contribution in [0.25, 0.3) is 0 Å². The standard InChI is InChI=1S/C9H13NO/c1-6(2)8-5-7(10)3-4-9(8)11/h3-6,11H,10H2,1-2H3. The van der Waals surface area contributed by atoms with E-state index in [0.29, 0.717) is 17.4 Å². The Morgan fingerprint density at radius 1 is 1.36 bits per heavy atom. The van der Waals surface area contributed by atoms with Crippen molar-refractivity contribution in [2.75, 3.05) is 5.73 Å². The van der Waals surface area contributed by atoms with Crippen molar-refractivity contribution >= 4 is 5.69 Å². The lowest BCUT2D eigenvalue weighted by atomic mass is 10.0. The molecule has 0 aliphatic rings. The normalized spacial score (nSPS) is 10.5. The van der Waals surface area contributed by atoms with E-state index in [1.165, 1.54) is 0 Å². The summed E-state index contributed by atoms with van der Waals surface area (Å²) in [5, 5.41) is 9.35. The van der Waals surface area contributed by atoms with Gasteiger partial charge in [-0.1, -0.05) is 13.8 Å². The van der Waals surface area contributed by atoms with Gasteiger partial charge in [0.1, 0.15) is 5.75 Å². The smallest absolute Gasteiger partial charge is 0.119 e. The average Bonchev–Trinajstić information content (AvgIpc) is 1.94. The highest BCUT2D eigenvalue weighted by molar-refractivity contribution is 5.48. The fourth-order valence-corrected chi connectivity index (χ4v) is 1.04. The third-order valence-corrected chi connectivity index (χ3v) is 1.67. The van der Waals surface area contributed by atoms with Crippen LogP contribution in [0.15, 0.2) is 18.2 Å². The molecule has 0 amide bonds. The van der Waals surface area contributed by atoms with Crippen LogP contribution in [0.5, 0.6) is 5.75 Å². The molecule has 60 valence electrons. The maximum Gasteiger partial charge on any atom is 0.119 e. The lowest BCUT2D eigenvalue weighted by Crippen LogP contribution is -1.91. The molecule has 1 rings (SSSR count). The van der Waals surface area contributed by atoms with Crippen molar-refractivity contribution < 1.29 is 5.11 Å². The third kappa shape index (κ3) is 1.64. The molecule has 0 unspecified atom stereocenters. The molecule has 0 spiro atoms. The Balaban J connectivity index is 3.13. The van der Waals surface area contributed by atoms with Crippen LogP contribution in [-0.2, 0) is 0 Å². The molecule has 0 aliphatic heterocycles. The SMILES string of the molecule is CC(C)c1cc(N)ccc1O. The van der Waals surface area contributed by atoms with Gasteiger partial charge in [-0.3, -0.25) is 0 Å². The van der Waals surface area contributed by atoms with Gasteiger partial charge in [-0.2, -0.15) is 0 Å². The Labute approximate surface area is 66.7 Å². The second kappa shape index (κ2) is 2.82. The van der Waals surface area contributed by atoms with E-state index in [1.807, 2.05) is 13.8 Å². The van der Waals surface area contributed by atoms with Gasteiger partial charge in [0.2, 0.25) is 0 Å². The number of phenolic OH excluding ortho intramolecular Hbond substituents is 1. The average molecular weight is 151 g/mol. The number of aromatic hydroxyl groups is 1. The van der Waals surface area contributed by atoms with Crippen LogP contribution >= 0.6 is 0 Å². The number of hydrogen-bond acceptors (Lipinski definition) is 2. The molecule has 1 aromatic rings. The molecule has 0 saturated carbocycles. The van der Waals surface area contributed by atoms with E-state index in [2.05, 4.69) is 0 Å². The topological polar surface area (TPSA) is 46.2 Å². The molecule has 1 aromatic carbocycles. The number of hydrogen-bond donors (Lipinski definition) is 2. The number of nitrogens with two attached hydrogens (primary N) is 1. The minimum absolute atomic E-state index is 0.318. The quantitative estimate of drug-likeness (QED) is 0.477. The van der Waals surface area contributed by atoms with Gasteiger partial charge in [0.05, 0.1) is 0 Å². The van der Waals surface area contributed by atoms with E-state index in [9.17, 15) is 5.11 Å². The number of anilines is 1. The summed E-state index contributed by atoms with van der Waals surface area (Å²) in [6, 6.07) is 5.13. The molecule has 0 saturated heterocycles. The number of nitrogen functional groups attached to an aromatic ring is 1. The highest BCUT2D eigenvalue weighted by atomic mass is 16.3. The summed E-state index contributed by atoms with van der Waals surface area (Å²) in [6.07, 6.45) is 0. The molecule has 0 fully saturated rings. The van der Waals surface area contributed by atoms with Crippen LogP contribution < -0.4 is 5.73 Å². The van der Waals surface area contributed by atoms with Crippen LogP contribution in [0.4, 0.5) is 5.69 Å². The first kappa shape index (κ1) is 7.92. The fourth-order valence-electron chi connectivity index (χ4n) is 1.04. The van der Waals surface area contributed by atoms with Gasteiger partial charge in [0.25, 0.3) is 0 Å². The first-order valence-corrected chi connectivity index (χ1v) is 3.69. The number of rotatable bonds is 1. The van der Waals surface area contributed by atoms with E-state index < -0.39 is 0 Å². The van der Waals surface area contributed by atoms with Crippen LogP contribution in [0.3, 0.4) is 0 Å². The molecular weight excluding hydrogens is 138 g/mol. The molecule has 2 nitrogen and oxygen atoms in total. The van der Waals surface area contributed by atoms with E-state index in [4.69, 9.17) is 5.73 Å². The van der Waals surface area contributed by atoms with Gasteiger partial charge < -0.3 is 10.8 Å². The summed E-state index contributed by atoms with van der Waals surface area (Å²) in [4.78, 5) is 0. The Kier molecular flexibility index (Phi) is 2.03. The van der Waals surface area contributed by atoms with Crippen LogP contribution in [-0.4, -0.2) is 5.11 Å². The van der Waals surface area contributed by atoms with Gasteiger partial charge in [-0.05, 0) is 29.7 Å². The summed E-state index contributed by atoms with van der Waals surface area (Å²) in [5.74, 6) is 0.646. The molecule has 0 atom stereocenters. The van der Waals surface area contributed by atoms with Gasteiger partial charge in [-0.25, -0.2) is 0 Å². The second-order valence-corrected chi connectivity index (χ2v) is 2.97. The van der Waals surface area contributed by atoms with Crippen molar-refractivity contribution in [2.24, 2.45) is 0 Å². The lowest BCUT2D eigenvalue weighted by molar-refractivity contribution is 0.465. The highest BCUT2D eigenvalue weighted by Gasteiger charge is 2.04. The fraction of sp³-hybridized carbons (Fsp3) is 0.333. The molecule has 11 heavy (non-hydrogen) atoms. The van der Waals surface area contributed by atoms with E-state index in [-0.39, 0.29) is 0 Å². The zero-order chi connectivity index (χ0) is 8.43. The van der Waals surface area contributed by atoms with Crippen LogP contribution in [0, 0.1) is 0 Å². The molecule has 0 aromatic heterocycles. The highest BCUT2D eigenvalue weighted by Crippen LogP contribution is 2.26. The Morgan fingerprint density at radius 3 is 2.45 bits per heavy atom. The van der Waals surface area contributed by atoms with E-state index in [0.717, 1.165) is 5.56 Å². The van der Waals surface area contributed by atoms with Crippen LogP contribution in [0.2, 0.25) is 0 Å². The first-order valence-electron chi connectivity index (χ1n) is 3.69. The van der Waals surface area contributed by atoms with Gasteiger partial charge in [0.15, 0.2) is 0 Å². The molecule has 0 bridgehead atoms.